The maximum atomic E-state index is 12.0. The van der Waals surface area contributed by atoms with E-state index in [0.29, 0.717) is 11.1 Å². The number of amides is 1. The molecule has 0 aliphatic carbocycles. The van der Waals surface area contributed by atoms with Gasteiger partial charge in [0.25, 0.3) is 0 Å². The first-order valence-corrected chi connectivity index (χ1v) is 7.96. The van der Waals surface area contributed by atoms with Crippen molar-refractivity contribution in [1.29, 1.82) is 5.26 Å². The molecule has 26 heavy (non-hydrogen) atoms. The van der Waals surface area contributed by atoms with E-state index in [1.165, 1.54) is 13.0 Å². The summed E-state index contributed by atoms with van der Waals surface area (Å²) in [6.45, 7) is 6.39. The van der Waals surface area contributed by atoms with E-state index < -0.39 is 29.5 Å². The van der Waals surface area contributed by atoms with Crippen molar-refractivity contribution in [1.82, 2.24) is 5.32 Å². The minimum atomic E-state index is -1.12. The molecule has 0 spiro atoms. The summed E-state index contributed by atoms with van der Waals surface area (Å²) >= 11 is 0. The van der Waals surface area contributed by atoms with Gasteiger partial charge in [0.1, 0.15) is 23.3 Å². The van der Waals surface area contributed by atoms with Crippen LogP contribution in [0.15, 0.2) is 29.8 Å². The van der Waals surface area contributed by atoms with E-state index in [4.69, 9.17) is 15.1 Å². The highest BCUT2D eigenvalue weighted by molar-refractivity contribution is 5.98. The number of benzene rings is 1. The molecule has 7 nitrogen and oxygen atoms in total. The highest BCUT2D eigenvalue weighted by Gasteiger charge is 2.20. The maximum Gasteiger partial charge on any atom is 0.349 e. The van der Waals surface area contributed by atoms with E-state index >= 15 is 0 Å². The fourth-order valence-corrected chi connectivity index (χ4v) is 2.07. The van der Waals surface area contributed by atoms with Crippen molar-refractivity contribution in [2.75, 3.05) is 0 Å². The summed E-state index contributed by atoms with van der Waals surface area (Å²) in [5, 5.41) is 20.6. The van der Waals surface area contributed by atoms with Crippen molar-refractivity contribution in [2.45, 2.75) is 45.8 Å². The minimum Gasteiger partial charge on any atom is -0.480 e. The number of nitriles is 1. The third kappa shape index (κ3) is 7.18. The highest BCUT2D eigenvalue weighted by atomic mass is 16.6. The Labute approximate surface area is 152 Å². The summed E-state index contributed by atoms with van der Waals surface area (Å²) < 4.78 is 5.17. The summed E-state index contributed by atoms with van der Waals surface area (Å²) in [7, 11) is 0. The van der Waals surface area contributed by atoms with Crippen LogP contribution in [0.2, 0.25) is 0 Å². The van der Waals surface area contributed by atoms with Crippen LogP contribution in [0.25, 0.3) is 6.08 Å². The quantitative estimate of drug-likeness (QED) is 0.457. The van der Waals surface area contributed by atoms with Crippen molar-refractivity contribution in [3.8, 4) is 6.07 Å². The molecule has 1 aromatic rings. The smallest absolute Gasteiger partial charge is 0.349 e. The molecule has 138 valence electrons. The number of esters is 1. The summed E-state index contributed by atoms with van der Waals surface area (Å²) in [5.41, 5.74) is 0.461. The average Bonchev–Trinajstić information content (AvgIpc) is 2.51. The van der Waals surface area contributed by atoms with Crippen LogP contribution in [0.4, 0.5) is 0 Å². The number of carbonyl (C=O) groups excluding carboxylic acids is 2. The zero-order valence-electron chi connectivity index (χ0n) is 15.2. The Morgan fingerprint density at radius 2 is 1.85 bits per heavy atom. The molecule has 0 saturated heterocycles. The Bertz CT molecular complexity index is 752. The predicted molar refractivity (Wildman–Crippen MR) is 94.8 cm³/mol. The Hall–Kier alpha value is -3.14. The van der Waals surface area contributed by atoms with Gasteiger partial charge in [-0.2, -0.15) is 5.26 Å². The number of nitrogens with zero attached hydrogens (tertiary/aromatic N) is 1. The molecule has 0 heterocycles. The molecular formula is C19H22N2O5. The third-order valence-electron chi connectivity index (χ3n) is 3.15. The van der Waals surface area contributed by atoms with Crippen molar-refractivity contribution in [3.63, 3.8) is 0 Å². The topological polar surface area (TPSA) is 116 Å². The van der Waals surface area contributed by atoms with Crippen molar-refractivity contribution in [3.05, 3.63) is 41.0 Å². The van der Waals surface area contributed by atoms with Crippen LogP contribution in [-0.4, -0.2) is 34.6 Å². The molecule has 0 radical (unpaired) electrons. The predicted octanol–water partition coefficient (Wildman–Crippen LogP) is 2.07. The first-order valence-electron chi connectivity index (χ1n) is 7.96. The van der Waals surface area contributed by atoms with E-state index in [1.807, 2.05) is 6.07 Å². The molecule has 1 amide bonds. The van der Waals surface area contributed by atoms with Crippen molar-refractivity contribution in [2.24, 2.45) is 0 Å². The van der Waals surface area contributed by atoms with Crippen LogP contribution in [0.1, 0.15) is 38.8 Å². The van der Waals surface area contributed by atoms with Gasteiger partial charge in [0, 0.05) is 13.3 Å². The lowest BCUT2D eigenvalue weighted by Gasteiger charge is -2.18. The van der Waals surface area contributed by atoms with Gasteiger partial charge < -0.3 is 15.2 Å². The largest absolute Gasteiger partial charge is 0.480 e. The SMILES string of the molecule is CC(=O)NC(Cc1ccc(/C=C(\C#N)C(=O)OC(C)(C)C)cc1)C(=O)O. The second kappa shape index (κ2) is 8.81. The molecule has 1 aromatic carbocycles. The lowest BCUT2D eigenvalue weighted by atomic mass is 10.0. The van der Waals surface area contributed by atoms with Crippen LogP contribution in [-0.2, 0) is 25.5 Å². The van der Waals surface area contributed by atoms with Gasteiger partial charge in [-0.1, -0.05) is 24.3 Å². The molecule has 1 rings (SSSR count). The van der Waals surface area contributed by atoms with Gasteiger partial charge in [-0.3, -0.25) is 4.79 Å². The number of hydrogen-bond donors (Lipinski definition) is 2. The van der Waals surface area contributed by atoms with Gasteiger partial charge in [-0.25, -0.2) is 9.59 Å². The molecule has 0 aliphatic rings. The average molecular weight is 358 g/mol. The molecule has 0 fully saturated rings. The molecular weight excluding hydrogens is 336 g/mol. The summed E-state index contributed by atoms with van der Waals surface area (Å²) in [6.07, 6.45) is 1.52. The number of hydrogen-bond acceptors (Lipinski definition) is 5. The fraction of sp³-hybridized carbons (Fsp3) is 0.368. The minimum absolute atomic E-state index is 0.121. The highest BCUT2D eigenvalue weighted by Crippen LogP contribution is 2.15. The van der Waals surface area contributed by atoms with E-state index in [0.717, 1.165) is 0 Å². The normalized spacial score (nSPS) is 12.7. The molecule has 0 bridgehead atoms. The molecule has 2 N–H and O–H groups in total. The number of rotatable bonds is 6. The van der Waals surface area contributed by atoms with Crippen LogP contribution in [0.5, 0.6) is 0 Å². The Kier molecular flexibility index (Phi) is 7.08. The van der Waals surface area contributed by atoms with Gasteiger partial charge in [-0.05, 0) is 38.0 Å². The number of nitrogens with one attached hydrogen (secondary N) is 1. The molecule has 0 saturated carbocycles. The zero-order chi connectivity index (χ0) is 19.9. The summed E-state index contributed by atoms with van der Waals surface area (Å²) in [5.74, 6) is -2.26. The van der Waals surface area contributed by atoms with E-state index in [9.17, 15) is 14.4 Å². The lowest BCUT2D eigenvalue weighted by molar-refractivity contribution is -0.149. The van der Waals surface area contributed by atoms with Crippen LogP contribution in [0, 0.1) is 11.3 Å². The third-order valence-corrected chi connectivity index (χ3v) is 3.15. The van der Waals surface area contributed by atoms with Gasteiger partial charge in [0.2, 0.25) is 5.91 Å². The van der Waals surface area contributed by atoms with E-state index in [1.54, 1.807) is 45.0 Å². The molecule has 0 aromatic heterocycles. The van der Waals surface area contributed by atoms with Crippen molar-refractivity contribution >= 4 is 23.9 Å². The van der Waals surface area contributed by atoms with Crippen molar-refractivity contribution < 1.29 is 24.2 Å². The number of carboxylic acid groups (broad SMARTS) is 1. The Morgan fingerprint density at radius 1 is 1.27 bits per heavy atom. The van der Waals surface area contributed by atoms with Gasteiger partial charge in [-0.15, -0.1) is 0 Å². The lowest BCUT2D eigenvalue weighted by Crippen LogP contribution is -2.41. The summed E-state index contributed by atoms with van der Waals surface area (Å²) in [4.78, 5) is 34.2. The maximum absolute atomic E-state index is 12.0. The Balaban J connectivity index is 2.92. The fourth-order valence-electron chi connectivity index (χ4n) is 2.07. The van der Waals surface area contributed by atoms with Crippen LogP contribution >= 0.6 is 0 Å². The molecule has 7 heteroatoms. The molecule has 1 atom stereocenters. The summed E-state index contributed by atoms with van der Waals surface area (Å²) in [6, 6.07) is 7.46. The Morgan fingerprint density at radius 3 is 2.27 bits per heavy atom. The first kappa shape index (κ1) is 20.9. The second-order valence-corrected chi connectivity index (χ2v) is 6.71. The van der Waals surface area contributed by atoms with Gasteiger partial charge >= 0.3 is 11.9 Å². The number of carboxylic acids is 1. The van der Waals surface area contributed by atoms with E-state index in [-0.39, 0.29) is 12.0 Å². The van der Waals surface area contributed by atoms with E-state index in [2.05, 4.69) is 5.32 Å². The standard InChI is InChI=1S/C19H22N2O5/c1-12(22)21-16(17(23)24)10-14-7-5-13(6-8-14)9-15(11-20)18(25)26-19(2,3)4/h5-9,16H,10H2,1-4H3,(H,21,22)(H,23,24)/b15-9+. The number of ether oxygens (including phenoxy) is 1. The number of carbonyl (C=O) groups is 3. The monoisotopic (exact) mass is 358 g/mol. The molecule has 0 aliphatic heterocycles. The second-order valence-electron chi connectivity index (χ2n) is 6.71. The zero-order valence-corrected chi connectivity index (χ0v) is 15.2. The first-order chi connectivity index (χ1) is 12.0. The van der Waals surface area contributed by atoms with Gasteiger partial charge in [0.05, 0.1) is 0 Å². The van der Waals surface area contributed by atoms with Crippen LogP contribution < -0.4 is 5.32 Å². The molecule has 1 unspecified atom stereocenters. The van der Waals surface area contributed by atoms with Crippen LogP contribution in [0.3, 0.4) is 0 Å². The van der Waals surface area contributed by atoms with Gasteiger partial charge in [0.15, 0.2) is 0 Å². The number of aliphatic carboxylic acids is 1.